The molecule has 0 aliphatic carbocycles. The van der Waals surface area contributed by atoms with E-state index in [-0.39, 0.29) is 13.0 Å². The van der Waals surface area contributed by atoms with Gasteiger partial charge in [-0.15, -0.1) is 11.8 Å². The highest BCUT2D eigenvalue weighted by molar-refractivity contribution is 7.99. The van der Waals surface area contributed by atoms with E-state index in [4.69, 9.17) is 15.9 Å². The minimum absolute atomic E-state index is 0.0756. The number of hydrogen-bond acceptors (Lipinski definition) is 4. The third-order valence-corrected chi connectivity index (χ3v) is 1.73. The lowest BCUT2D eigenvalue weighted by atomic mass is 10.4. The average molecular weight is 137 g/mol. The quantitative estimate of drug-likeness (QED) is 0.452. The Hall–Kier alpha value is 0.230. The predicted octanol–water partition coefficient (Wildman–Crippen LogP) is -0.663. The van der Waals surface area contributed by atoms with E-state index in [0.29, 0.717) is 0 Å². The summed E-state index contributed by atoms with van der Waals surface area (Å²) in [7, 11) is 0. The summed E-state index contributed by atoms with van der Waals surface area (Å²) >= 11 is 1.12. The molecule has 1 unspecified atom stereocenters. The van der Waals surface area contributed by atoms with E-state index in [1.807, 2.05) is 0 Å². The maximum absolute atomic E-state index is 8.90. The van der Waals surface area contributed by atoms with Crippen molar-refractivity contribution < 1.29 is 10.2 Å². The second-order valence-electron chi connectivity index (χ2n) is 1.52. The van der Waals surface area contributed by atoms with E-state index in [0.717, 1.165) is 11.8 Å². The van der Waals surface area contributed by atoms with E-state index >= 15 is 0 Å². The highest BCUT2D eigenvalue weighted by Gasteiger charge is 2.16. The van der Waals surface area contributed by atoms with Gasteiger partial charge in [0.05, 0.1) is 0 Å². The Morgan fingerprint density at radius 2 is 2.25 bits per heavy atom. The van der Waals surface area contributed by atoms with Crippen LogP contribution < -0.4 is 5.73 Å². The van der Waals surface area contributed by atoms with Crippen molar-refractivity contribution in [3.8, 4) is 0 Å². The van der Waals surface area contributed by atoms with Gasteiger partial charge in [-0.25, -0.2) is 0 Å². The maximum atomic E-state index is 8.90. The molecule has 0 aromatic rings. The first-order valence-electron chi connectivity index (χ1n) is 2.29. The SMILES string of the molecule is CSC(N)(O)CCO. The summed E-state index contributed by atoms with van der Waals surface area (Å²) in [5.41, 5.74) is 5.19. The molecule has 0 aliphatic heterocycles. The van der Waals surface area contributed by atoms with Crippen molar-refractivity contribution in [1.82, 2.24) is 0 Å². The molecular formula is C4H11NO2S. The smallest absolute Gasteiger partial charge is 0.163 e. The van der Waals surface area contributed by atoms with Gasteiger partial charge in [0.2, 0.25) is 0 Å². The number of nitrogens with two attached hydrogens (primary N) is 1. The normalized spacial score (nSPS) is 18.0. The number of thioether (sulfide) groups is 1. The van der Waals surface area contributed by atoms with Crippen LogP contribution >= 0.6 is 11.8 Å². The van der Waals surface area contributed by atoms with E-state index in [1.54, 1.807) is 6.26 Å². The Morgan fingerprint density at radius 3 is 2.38 bits per heavy atom. The molecular weight excluding hydrogens is 126 g/mol. The average Bonchev–Trinajstić information content (AvgIpc) is 1.67. The van der Waals surface area contributed by atoms with Crippen LogP contribution in [0.25, 0.3) is 0 Å². The van der Waals surface area contributed by atoms with Crippen molar-refractivity contribution in [3.63, 3.8) is 0 Å². The molecule has 0 amide bonds. The van der Waals surface area contributed by atoms with E-state index in [2.05, 4.69) is 0 Å². The second-order valence-corrected chi connectivity index (χ2v) is 2.64. The summed E-state index contributed by atoms with van der Waals surface area (Å²) in [4.78, 5) is 0. The first-order chi connectivity index (χ1) is 3.62. The fourth-order valence-electron chi connectivity index (χ4n) is 0.262. The summed E-state index contributed by atoms with van der Waals surface area (Å²) in [6.07, 6.45) is 1.91. The van der Waals surface area contributed by atoms with Crippen molar-refractivity contribution in [2.75, 3.05) is 12.9 Å². The molecule has 0 aliphatic rings. The Kier molecular flexibility index (Phi) is 3.39. The third kappa shape index (κ3) is 3.26. The Labute approximate surface area is 52.9 Å². The zero-order valence-corrected chi connectivity index (χ0v) is 5.61. The molecule has 0 heterocycles. The van der Waals surface area contributed by atoms with Crippen molar-refractivity contribution >= 4 is 11.8 Å². The molecule has 0 fully saturated rings. The molecule has 0 radical (unpaired) electrons. The van der Waals surface area contributed by atoms with Gasteiger partial charge in [-0.3, -0.25) is 5.73 Å². The molecule has 4 N–H and O–H groups in total. The van der Waals surface area contributed by atoms with Crippen molar-refractivity contribution in [3.05, 3.63) is 0 Å². The van der Waals surface area contributed by atoms with Crippen LogP contribution in [0.4, 0.5) is 0 Å². The Bertz CT molecular complexity index is 67.1. The minimum Gasteiger partial charge on any atom is -0.396 e. The van der Waals surface area contributed by atoms with Gasteiger partial charge < -0.3 is 10.2 Å². The number of hydrogen-bond donors (Lipinski definition) is 3. The summed E-state index contributed by atoms with van der Waals surface area (Å²) in [5, 5.41) is 15.9. The van der Waals surface area contributed by atoms with Gasteiger partial charge in [0, 0.05) is 13.0 Å². The molecule has 1 atom stereocenters. The highest BCUT2D eigenvalue weighted by atomic mass is 32.2. The number of aliphatic hydroxyl groups excluding tert-OH is 1. The molecule has 0 rings (SSSR count). The van der Waals surface area contributed by atoms with Crippen LogP contribution in [0.5, 0.6) is 0 Å². The molecule has 0 saturated heterocycles. The molecule has 0 saturated carbocycles. The van der Waals surface area contributed by atoms with Crippen molar-refractivity contribution in [1.29, 1.82) is 0 Å². The zero-order valence-electron chi connectivity index (χ0n) is 4.79. The van der Waals surface area contributed by atoms with Crippen LogP contribution in [-0.2, 0) is 0 Å². The number of aliphatic hydroxyl groups is 2. The second kappa shape index (κ2) is 3.29. The Morgan fingerprint density at radius 1 is 1.75 bits per heavy atom. The Balaban J connectivity index is 3.37. The van der Waals surface area contributed by atoms with Crippen LogP contribution in [0.3, 0.4) is 0 Å². The van der Waals surface area contributed by atoms with Gasteiger partial charge in [-0.05, 0) is 6.26 Å². The summed E-state index contributed by atoms with van der Waals surface area (Å²) in [6, 6.07) is 0. The first-order valence-corrected chi connectivity index (χ1v) is 3.52. The molecule has 0 aromatic heterocycles. The van der Waals surface area contributed by atoms with E-state index in [1.165, 1.54) is 0 Å². The maximum Gasteiger partial charge on any atom is 0.163 e. The highest BCUT2D eigenvalue weighted by Crippen LogP contribution is 2.14. The van der Waals surface area contributed by atoms with Gasteiger partial charge in [-0.1, -0.05) is 0 Å². The van der Waals surface area contributed by atoms with E-state index < -0.39 is 5.06 Å². The fourth-order valence-corrected chi connectivity index (χ4v) is 0.558. The molecule has 0 spiro atoms. The summed E-state index contributed by atoms with van der Waals surface area (Å²) < 4.78 is 0. The largest absolute Gasteiger partial charge is 0.396 e. The summed E-state index contributed by atoms with van der Waals surface area (Å²) in [5.74, 6) is 0. The van der Waals surface area contributed by atoms with Gasteiger partial charge in [-0.2, -0.15) is 0 Å². The monoisotopic (exact) mass is 137 g/mol. The first kappa shape index (κ1) is 8.23. The van der Waals surface area contributed by atoms with Crippen LogP contribution in [0.2, 0.25) is 0 Å². The zero-order chi connectivity index (χ0) is 6.62. The van der Waals surface area contributed by atoms with E-state index in [9.17, 15) is 0 Å². The van der Waals surface area contributed by atoms with Crippen LogP contribution in [0.15, 0.2) is 0 Å². The standard InChI is InChI=1S/C4H11NO2S/c1-8-4(5,7)2-3-6/h6-7H,2-3,5H2,1H3. The topological polar surface area (TPSA) is 66.5 Å². The van der Waals surface area contributed by atoms with Gasteiger partial charge in [0.25, 0.3) is 0 Å². The lowest BCUT2D eigenvalue weighted by molar-refractivity contribution is 0.108. The van der Waals surface area contributed by atoms with Crippen LogP contribution in [-0.4, -0.2) is 28.1 Å². The van der Waals surface area contributed by atoms with Gasteiger partial charge >= 0.3 is 0 Å². The molecule has 3 nitrogen and oxygen atoms in total. The third-order valence-electron chi connectivity index (χ3n) is 0.823. The molecule has 8 heavy (non-hydrogen) atoms. The van der Waals surface area contributed by atoms with Gasteiger partial charge in [0.1, 0.15) is 0 Å². The van der Waals surface area contributed by atoms with Crippen LogP contribution in [0, 0.1) is 0 Å². The molecule has 50 valence electrons. The molecule has 0 bridgehead atoms. The van der Waals surface area contributed by atoms with Crippen molar-refractivity contribution in [2.24, 2.45) is 5.73 Å². The van der Waals surface area contributed by atoms with Crippen LogP contribution in [0.1, 0.15) is 6.42 Å². The molecule has 4 heteroatoms. The number of rotatable bonds is 3. The lowest BCUT2D eigenvalue weighted by Gasteiger charge is -2.17. The predicted molar refractivity (Wildman–Crippen MR) is 34.4 cm³/mol. The fraction of sp³-hybridized carbons (Fsp3) is 1.00. The molecule has 0 aromatic carbocycles. The minimum atomic E-state index is -1.24. The van der Waals surface area contributed by atoms with Gasteiger partial charge in [0.15, 0.2) is 5.06 Å². The van der Waals surface area contributed by atoms with Crippen molar-refractivity contribution in [2.45, 2.75) is 11.5 Å². The lowest BCUT2D eigenvalue weighted by Crippen LogP contribution is -2.35. The summed E-state index contributed by atoms with van der Waals surface area (Å²) in [6.45, 7) is -0.0756.